The van der Waals surface area contributed by atoms with Gasteiger partial charge in [-0.05, 0) is 43.2 Å². The number of amides is 1. The minimum Gasteiger partial charge on any atom is -0.398 e. The summed E-state index contributed by atoms with van der Waals surface area (Å²) in [7, 11) is 0. The molecule has 3 N–H and O–H groups in total. The fraction of sp³-hybridized carbons (Fsp3) is 0.462. The molecular formula is C13H18N2OS. The number of rotatable bonds is 2. The van der Waals surface area contributed by atoms with Gasteiger partial charge in [-0.3, -0.25) is 4.79 Å². The average Bonchev–Trinajstić information content (AvgIpc) is 2.83. The molecule has 4 heteroatoms. The second-order valence-corrected chi connectivity index (χ2v) is 5.67. The monoisotopic (exact) mass is 250 g/mol. The van der Waals surface area contributed by atoms with Gasteiger partial charge >= 0.3 is 0 Å². The molecule has 0 radical (unpaired) electrons. The Hall–Kier alpha value is -1.16. The second kappa shape index (κ2) is 5.00. The van der Waals surface area contributed by atoms with Crippen LogP contribution in [0.25, 0.3) is 0 Å². The minimum atomic E-state index is 0.131. The lowest BCUT2D eigenvalue weighted by molar-refractivity contribution is -0.119. The van der Waals surface area contributed by atoms with E-state index < -0.39 is 0 Å². The van der Waals surface area contributed by atoms with Crippen molar-refractivity contribution in [2.24, 2.45) is 5.92 Å². The molecular weight excluding hydrogens is 232 g/mol. The summed E-state index contributed by atoms with van der Waals surface area (Å²) in [5.74, 6) is 2.31. The van der Waals surface area contributed by atoms with E-state index in [1.165, 1.54) is 0 Å². The number of nitrogens with one attached hydrogen (secondary N) is 1. The highest BCUT2D eigenvalue weighted by Crippen LogP contribution is 2.28. The lowest BCUT2D eigenvalue weighted by atomic mass is 10.0. The first-order chi connectivity index (χ1) is 8.09. The summed E-state index contributed by atoms with van der Waals surface area (Å²) in [5.41, 5.74) is 9.50. The van der Waals surface area contributed by atoms with Crippen molar-refractivity contribution in [3.05, 3.63) is 23.3 Å². The summed E-state index contributed by atoms with van der Waals surface area (Å²) in [6, 6.07) is 3.83. The fourth-order valence-electron chi connectivity index (χ4n) is 2.02. The fourth-order valence-corrected chi connectivity index (χ4v) is 3.24. The first-order valence-corrected chi connectivity index (χ1v) is 6.99. The zero-order valence-electron chi connectivity index (χ0n) is 10.2. The Morgan fingerprint density at radius 3 is 2.88 bits per heavy atom. The molecule has 0 saturated carbocycles. The molecule has 1 unspecified atom stereocenters. The van der Waals surface area contributed by atoms with Gasteiger partial charge in [0.1, 0.15) is 0 Å². The highest BCUT2D eigenvalue weighted by Gasteiger charge is 2.24. The van der Waals surface area contributed by atoms with Crippen LogP contribution in [0, 0.1) is 19.8 Å². The number of nitrogen functional groups attached to an aromatic ring is 1. The standard InChI is InChI=1S/C13H18N2OS/c1-8-3-4-11(14)9(2)12(8)15-13(16)10-5-6-17-7-10/h3-4,10H,5-7,14H2,1-2H3,(H,15,16). The van der Waals surface area contributed by atoms with Gasteiger partial charge < -0.3 is 11.1 Å². The summed E-state index contributed by atoms with van der Waals surface area (Å²) in [5, 5.41) is 3.03. The average molecular weight is 250 g/mol. The van der Waals surface area contributed by atoms with Crippen molar-refractivity contribution >= 4 is 29.0 Å². The number of aryl methyl sites for hydroxylation is 1. The maximum absolute atomic E-state index is 12.1. The van der Waals surface area contributed by atoms with Gasteiger partial charge in [0.25, 0.3) is 0 Å². The topological polar surface area (TPSA) is 55.1 Å². The maximum atomic E-state index is 12.1. The van der Waals surface area contributed by atoms with Crippen molar-refractivity contribution < 1.29 is 4.79 Å². The molecule has 1 atom stereocenters. The first-order valence-electron chi connectivity index (χ1n) is 5.84. The lowest BCUT2D eigenvalue weighted by Gasteiger charge is -2.15. The molecule has 1 aliphatic rings. The van der Waals surface area contributed by atoms with Crippen LogP contribution in [-0.2, 0) is 4.79 Å². The van der Waals surface area contributed by atoms with Crippen LogP contribution in [0.15, 0.2) is 12.1 Å². The molecule has 1 heterocycles. The smallest absolute Gasteiger partial charge is 0.228 e. The van der Waals surface area contributed by atoms with Gasteiger partial charge in [-0.2, -0.15) is 11.8 Å². The number of benzene rings is 1. The van der Waals surface area contributed by atoms with Crippen LogP contribution in [0.2, 0.25) is 0 Å². The van der Waals surface area contributed by atoms with Crippen LogP contribution < -0.4 is 11.1 Å². The molecule has 1 aliphatic heterocycles. The Morgan fingerprint density at radius 1 is 1.47 bits per heavy atom. The van der Waals surface area contributed by atoms with Crippen LogP contribution in [0.3, 0.4) is 0 Å². The molecule has 0 aromatic heterocycles. The van der Waals surface area contributed by atoms with Gasteiger partial charge in [-0.25, -0.2) is 0 Å². The van der Waals surface area contributed by atoms with E-state index in [4.69, 9.17) is 5.73 Å². The molecule has 2 rings (SSSR count). The molecule has 3 nitrogen and oxygen atoms in total. The number of hydrogen-bond donors (Lipinski definition) is 2. The van der Waals surface area contributed by atoms with Crippen molar-refractivity contribution in [1.29, 1.82) is 0 Å². The molecule has 1 aromatic rings. The third-order valence-corrected chi connectivity index (χ3v) is 4.43. The van der Waals surface area contributed by atoms with Crippen LogP contribution in [0.5, 0.6) is 0 Å². The summed E-state index contributed by atoms with van der Waals surface area (Å²) in [6.07, 6.45) is 0.983. The SMILES string of the molecule is Cc1ccc(N)c(C)c1NC(=O)C1CCSC1. The van der Waals surface area contributed by atoms with Gasteiger partial charge in [0, 0.05) is 23.0 Å². The quantitative estimate of drug-likeness (QED) is 0.793. The molecule has 17 heavy (non-hydrogen) atoms. The Morgan fingerprint density at radius 2 is 2.24 bits per heavy atom. The third kappa shape index (κ3) is 2.57. The zero-order valence-corrected chi connectivity index (χ0v) is 11.1. The molecule has 1 fully saturated rings. The molecule has 0 spiro atoms. The number of thioether (sulfide) groups is 1. The number of carbonyl (C=O) groups is 1. The third-order valence-electron chi connectivity index (χ3n) is 3.26. The van der Waals surface area contributed by atoms with E-state index in [9.17, 15) is 4.79 Å². The summed E-state index contributed by atoms with van der Waals surface area (Å²) in [4.78, 5) is 12.1. The van der Waals surface area contributed by atoms with E-state index in [1.807, 2.05) is 37.7 Å². The largest absolute Gasteiger partial charge is 0.398 e. The Bertz CT molecular complexity index is 439. The summed E-state index contributed by atoms with van der Waals surface area (Å²) >= 11 is 1.85. The Labute approximate surface area is 106 Å². The first kappa shape index (κ1) is 12.3. The number of hydrogen-bond acceptors (Lipinski definition) is 3. The van der Waals surface area contributed by atoms with E-state index in [0.29, 0.717) is 0 Å². The Balaban J connectivity index is 2.17. The van der Waals surface area contributed by atoms with Crippen LogP contribution in [-0.4, -0.2) is 17.4 Å². The highest BCUT2D eigenvalue weighted by atomic mass is 32.2. The number of carbonyl (C=O) groups excluding carboxylic acids is 1. The van der Waals surface area contributed by atoms with Gasteiger partial charge in [0.15, 0.2) is 0 Å². The maximum Gasteiger partial charge on any atom is 0.228 e. The Kier molecular flexibility index (Phi) is 3.62. The van der Waals surface area contributed by atoms with Gasteiger partial charge in [0.05, 0.1) is 0 Å². The molecule has 92 valence electrons. The van der Waals surface area contributed by atoms with E-state index in [2.05, 4.69) is 5.32 Å². The van der Waals surface area contributed by atoms with Crippen LogP contribution in [0.4, 0.5) is 11.4 Å². The van der Waals surface area contributed by atoms with Gasteiger partial charge in [-0.1, -0.05) is 6.07 Å². The molecule has 1 amide bonds. The van der Waals surface area contributed by atoms with E-state index in [1.54, 1.807) is 0 Å². The lowest BCUT2D eigenvalue weighted by Crippen LogP contribution is -2.23. The van der Waals surface area contributed by atoms with Gasteiger partial charge in [0.2, 0.25) is 5.91 Å². The molecule has 1 aromatic carbocycles. The van der Waals surface area contributed by atoms with E-state index in [-0.39, 0.29) is 11.8 Å². The van der Waals surface area contributed by atoms with Crippen LogP contribution >= 0.6 is 11.8 Å². The normalized spacial score (nSPS) is 19.3. The molecule has 0 bridgehead atoms. The van der Waals surface area contributed by atoms with Crippen molar-refractivity contribution in [2.45, 2.75) is 20.3 Å². The van der Waals surface area contributed by atoms with E-state index in [0.717, 1.165) is 40.4 Å². The summed E-state index contributed by atoms with van der Waals surface area (Å²) in [6.45, 7) is 3.94. The summed E-state index contributed by atoms with van der Waals surface area (Å²) < 4.78 is 0. The highest BCUT2D eigenvalue weighted by molar-refractivity contribution is 7.99. The molecule has 0 aliphatic carbocycles. The zero-order chi connectivity index (χ0) is 12.4. The van der Waals surface area contributed by atoms with Crippen molar-refractivity contribution in [1.82, 2.24) is 0 Å². The number of nitrogens with two attached hydrogens (primary N) is 1. The van der Waals surface area contributed by atoms with Crippen LogP contribution in [0.1, 0.15) is 17.5 Å². The second-order valence-electron chi connectivity index (χ2n) is 4.52. The number of anilines is 2. The predicted octanol–water partition coefficient (Wildman–Crippen LogP) is 2.58. The van der Waals surface area contributed by atoms with Crippen molar-refractivity contribution in [2.75, 3.05) is 22.6 Å². The van der Waals surface area contributed by atoms with Gasteiger partial charge in [-0.15, -0.1) is 0 Å². The minimum absolute atomic E-state index is 0.131. The predicted molar refractivity (Wildman–Crippen MR) is 74.4 cm³/mol. The van der Waals surface area contributed by atoms with Crippen molar-refractivity contribution in [3.63, 3.8) is 0 Å². The van der Waals surface area contributed by atoms with Crippen molar-refractivity contribution in [3.8, 4) is 0 Å². The molecule has 1 saturated heterocycles. The van der Waals surface area contributed by atoms with E-state index >= 15 is 0 Å².